The number of carbonyl (C=O) groups is 3. The third-order valence-electron chi connectivity index (χ3n) is 4.25. The highest BCUT2D eigenvalue weighted by Crippen LogP contribution is 2.44. The summed E-state index contributed by atoms with van der Waals surface area (Å²) >= 11 is 2.97. The molecule has 0 saturated heterocycles. The van der Waals surface area contributed by atoms with Gasteiger partial charge in [-0.2, -0.15) is 0 Å². The number of rotatable bonds is 7. The van der Waals surface area contributed by atoms with Crippen molar-refractivity contribution in [1.29, 1.82) is 0 Å². The summed E-state index contributed by atoms with van der Waals surface area (Å²) in [6, 6.07) is 7.56. The highest BCUT2D eigenvalue weighted by Gasteiger charge is 2.52. The van der Waals surface area contributed by atoms with Gasteiger partial charge in [-0.05, 0) is 32.3 Å². The molecule has 1 N–H and O–H groups in total. The molecule has 2 atom stereocenters. The maximum Gasteiger partial charge on any atom is 0.408 e. The van der Waals surface area contributed by atoms with Gasteiger partial charge in [-0.25, -0.2) is 13.6 Å². The van der Waals surface area contributed by atoms with Gasteiger partial charge in [0.1, 0.15) is 12.2 Å². The number of nitrogens with one attached hydrogen (secondary N) is 1. The van der Waals surface area contributed by atoms with Gasteiger partial charge >= 0.3 is 12.1 Å². The number of ether oxygens (including phenoxy) is 2. The van der Waals surface area contributed by atoms with E-state index in [-0.39, 0.29) is 6.61 Å². The summed E-state index contributed by atoms with van der Waals surface area (Å²) in [5.74, 6) is -5.30. The van der Waals surface area contributed by atoms with Crippen LogP contribution in [0, 0.1) is 5.92 Å². The second kappa shape index (κ2) is 9.19. The smallest absolute Gasteiger partial charge is 0.408 e. The Labute approximate surface area is 176 Å². The summed E-state index contributed by atoms with van der Waals surface area (Å²) in [7, 11) is 0. The molecule has 9 heteroatoms. The van der Waals surface area contributed by atoms with Crippen LogP contribution in [0.25, 0.3) is 0 Å². The van der Waals surface area contributed by atoms with E-state index >= 15 is 0 Å². The lowest BCUT2D eigenvalue weighted by atomic mass is 9.74. The number of carbonyl (C=O) groups excluding carboxylic acids is 3. The van der Waals surface area contributed by atoms with E-state index in [9.17, 15) is 23.2 Å². The van der Waals surface area contributed by atoms with E-state index in [0.29, 0.717) is 0 Å². The number of amides is 1. The van der Waals surface area contributed by atoms with Gasteiger partial charge in [-0.1, -0.05) is 46.3 Å². The maximum absolute atomic E-state index is 13.3. The number of benzene rings is 1. The first-order chi connectivity index (χ1) is 13.4. The number of Topliss-reactive ketones (excluding diaryl/α,β-unsaturated/α-hetero) is 1. The molecule has 29 heavy (non-hydrogen) atoms. The first-order valence-corrected chi connectivity index (χ1v) is 10.1. The lowest BCUT2D eigenvalue weighted by Gasteiger charge is -2.39. The van der Waals surface area contributed by atoms with Gasteiger partial charge in [0.2, 0.25) is 5.92 Å². The van der Waals surface area contributed by atoms with E-state index in [4.69, 9.17) is 9.47 Å². The summed E-state index contributed by atoms with van der Waals surface area (Å²) in [5, 5.41) is 2.34. The van der Waals surface area contributed by atoms with E-state index in [0.717, 1.165) is 5.56 Å². The first kappa shape index (κ1) is 23.3. The summed E-state index contributed by atoms with van der Waals surface area (Å²) in [4.78, 5) is 35.7. The number of hydrogen-bond donors (Lipinski definition) is 1. The van der Waals surface area contributed by atoms with Gasteiger partial charge in [-0.3, -0.25) is 9.59 Å². The average molecular weight is 476 g/mol. The van der Waals surface area contributed by atoms with Crippen LogP contribution in [0.4, 0.5) is 13.6 Å². The Kier molecular flexibility index (Phi) is 7.37. The molecule has 160 valence electrons. The second-order valence-corrected chi connectivity index (χ2v) is 8.92. The van der Waals surface area contributed by atoms with Crippen molar-refractivity contribution in [1.82, 2.24) is 5.32 Å². The fourth-order valence-corrected chi connectivity index (χ4v) is 3.26. The van der Waals surface area contributed by atoms with E-state index in [1.165, 1.54) is 0 Å². The normalized spacial score (nSPS) is 18.1. The minimum atomic E-state index is -2.90. The molecule has 1 aromatic carbocycles. The topological polar surface area (TPSA) is 81.7 Å². The fraction of sp³-hybridized carbons (Fsp3) is 0.550. The van der Waals surface area contributed by atoms with Crippen molar-refractivity contribution in [3.05, 3.63) is 35.9 Å². The van der Waals surface area contributed by atoms with Crippen LogP contribution in [0.3, 0.4) is 0 Å². The zero-order chi connectivity index (χ0) is 21.8. The van der Waals surface area contributed by atoms with Crippen molar-refractivity contribution in [3.63, 3.8) is 0 Å². The molecule has 1 aromatic rings. The van der Waals surface area contributed by atoms with Crippen molar-refractivity contribution < 1.29 is 32.6 Å². The fourth-order valence-electron chi connectivity index (χ4n) is 2.88. The van der Waals surface area contributed by atoms with Crippen LogP contribution in [0.15, 0.2) is 30.3 Å². The first-order valence-electron chi connectivity index (χ1n) is 9.14. The number of halogens is 3. The zero-order valence-corrected chi connectivity index (χ0v) is 18.0. The molecule has 6 nitrogen and oxygen atoms in total. The van der Waals surface area contributed by atoms with Crippen LogP contribution in [0.2, 0.25) is 0 Å². The number of hydrogen-bond acceptors (Lipinski definition) is 5. The highest BCUT2D eigenvalue weighted by atomic mass is 79.9. The molecule has 0 radical (unpaired) electrons. The number of ketones is 1. The standard InChI is InChI=1S/C20H24BrF2NO5/c1-19(2,3)29-17(26)14(21)16(25)15(13-9-20(22,23)10-13)24-18(27)28-11-12-7-5-4-6-8-12/h4-8,13-15H,9-11H2,1-3H3,(H,24,27). The molecule has 0 heterocycles. The lowest BCUT2D eigenvalue weighted by Crippen LogP contribution is -2.56. The van der Waals surface area contributed by atoms with Crippen molar-refractivity contribution in [3.8, 4) is 0 Å². The molecule has 0 aromatic heterocycles. The van der Waals surface area contributed by atoms with Crippen LogP contribution < -0.4 is 5.32 Å². The van der Waals surface area contributed by atoms with Gasteiger partial charge in [0.25, 0.3) is 0 Å². The minimum absolute atomic E-state index is 0.0434. The Morgan fingerprint density at radius 2 is 1.79 bits per heavy atom. The third kappa shape index (κ3) is 7.06. The van der Waals surface area contributed by atoms with Crippen molar-refractivity contribution in [2.75, 3.05) is 0 Å². The quantitative estimate of drug-likeness (QED) is 0.366. The summed E-state index contributed by atoms with van der Waals surface area (Å²) in [6.45, 7) is 4.87. The van der Waals surface area contributed by atoms with Crippen LogP contribution >= 0.6 is 15.9 Å². The third-order valence-corrected chi connectivity index (χ3v) is 5.07. The largest absolute Gasteiger partial charge is 0.459 e. The van der Waals surface area contributed by atoms with E-state index in [1.807, 2.05) is 6.07 Å². The maximum atomic E-state index is 13.3. The molecule has 1 amide bonds. The summed E-state index contributed by atoms with van der Waals surface area (Å²) in [6.07, 6.45) is -2.04. The van der Waals surface area contributed by atoms with Gasteiger partial charge in [0.05, 0.1) is 6.04 Å². The number of alkyl carbamates (subject to hydrolysis) is 1. The SMILES string of the molecule is CC(C)(C)OC(=O)C(Br)C(=O)C(NC(=O)OCc1ccccc1)C1CC(F)(F)C1. The predicted molar refractivity (Wildman–Crippen MR) is 105 cm³/mol. The van der Waals surface area contributed by atoms with E-state index < -0.39 is 59.0 Å². The zero-order valence-electron chi connectivity index (χ0n) is 16.4. The minimum Gasteiger partial charge on any atom is -0.459 e. The van der Waals surface area contributed by atoms with Crippen molar-refractivity contribution >= 4 is 33.8 Å². The van der Waals surface area contributed by atoms with E-state index in [1.54, 1.807) is 45.0 Å². The highest BCUT2D eigenvalue weighted by molar-refractivity contribution is 9.10. The van der Waals surface area contributed by atoms with Gasteiger partial charge < -0.3 is 14.8 Å². The molecule has 1 saturated carbocycles. The molecule has 0 spiro atoms. The molecular formula is C20H24BrF2NO5. The van der Waals surface area contributed by atoms with Crippen molar-refractivity contribution in [2.45, 2.75) is 62.6 Å². The van der Waals surface area contributed by atoms with Gasteiger partial charge in [0, 0.05) is 12.8 Å². The molecule has 1 aliphatic rings. The predicted octanol–water partition coefficient (Wildman–Crippen LogP) is 4.00. The number of esters is 1. The number of alkyl halides is 3. The molecular weight excluding hydrogens is 452 g/mol. The van der Waals surface area contributed by atoms with E-state index in [2.05, 4.69) is 21.2 Å². The Morgan fingerprint density at radius 3 is 2.31 bits per heavy atom. The Bertz CT molecular complexity index is 743. The Hall–Kier alpha value is -2.03. The van der Waals surface area contributed by atoms with Gasteiger partial charge in [0.15, 0.2) is 10.6 Å². The molecule has 0 aliphatic heterocycles. The summed E-state index contributed by atoms with van der Waals surface area (Å²) in [5.41, 5.74) is -0.0995. The molecule has 0 bridgehead atoms. The van der Waals surface area contributed by atoms with Crippen LogP contribution in [-0.2, 0) is 25.7 Å². The molecule has 1 fully saturated rings. The Balaban J connectivity index is 2.03. The van der Waals surface area contributed by atoms with Crippen LogP contribution in [-0.4, -0.2) is 40.2 Å². The molecule has 2 unspecified atom stereocenters. The summed E-state index contributed by atoms with van der Waals surface area (Å²) < 4.78 is 36.9. The average Bonchev–Trinajstić information content (AvgIpc) is 2.60. The lowest BCUT2D eigenvalue weighted by molar-refractivity contribution is -0.156. The Morgan fingerprint density at radius 1 is 1.21 bits per heavy atom. The monoisotopic (exact) mass is 475 g/mol. The molecule has 2 rings (SSSR count). The van der Waals surface area contributed by atoms with Crippen LogP contribution in [0.1, 0.15) is 39.2 Å². The second-order valence-electron chi connectivity index (χ2n) is 8.01. The van der Waals surface area contributed by atoms with Crippen LogP contribution in [0.5, 0.6) is 0 Å². The van der Waals surface area contributed by atoms with Gasteiger partial charge in [-0.15, -0.1) is 0 Å². The van der Waals surface area contributed by atoms with Crippen molar-refractivity contribution in [2.24, 2.45) is 5.92 Å². The molecule has 1 aliphatic carbocycles.